The van der Waals surface area contributed by atoms with Gasteiger partial charge in [-0.05, 0) is 104 Å². The molecule has 0 saturated heterocycles. The van der Waals surface area contributed by atoms with E-state index in [4.69, 9.17) is 0 Å². The summed E-state index contributed by atoms with van der Waals surface area (Å²) in [6, 6.07) is 3.60. The van der Waals surface area contributed by atoms with Gasteiger partial charge >= 0.3 is 0 Å². The van der Waals surface area contributed by atoms with Gasteiger partial charge in [0.2, 0.25) is 0 Å². The second-order valence-electron chi connectivity index (χ2n) is 11.8. The fourth-order valence-corrected chi connectivity index (χ4v) is 5.72. The van der Waals surface area contributed by atoms with Crippen LogP contribution in [0.25, 0.3) is 0 Å². The first-order valence-corrected chi connectivity index (χ1v) is 13.1. The molecule has 0 heteroatoms. The van der Waals surface area contributed by atoms with E-state index >= 15 is 0 Å². The molecule has 0 amide bonds. The minimum Gasteiger partial charge on any atom is -0.0628 e. The molecule has 0 nitrogen and oxygen atoms in total. The van der Waals surface area contributed by atoms with Gasteiger partial charge in [-0.3, -0.25) is 0 Å². The highest BCUT2D eigenvalue weighted by Gasteiger charge is 2.31. The van der Waals surface area contributed by atoms with Crippen LogP contribution in [0.2, 0.25) is 0 Å². The lowest BCUT2D eigenvalue weighted by Crippen LogP contribution is -2.27. The van der Waals surface area contributed by atoms with E-state index in [2.05, 4.69) is 61.5 Å². The predicted octanol–water partition coefficient (Wildman–Crippen LogP) is 9.35. The SMILES string of the molecule is Cc1[c]c(C)c2c(c1C)C[C@](C)(CCC[C@H](C)CCC[C@H](C)CCCC(C)C)CC2. The smallest absolute Gasteiger partial charge is 0.0114 e. The van der Waals surface area contributed by atoms with Crippen molar-refractivity contribution in [3.63, 3.8) is 0 Å². The summed E-state index contributed by atoms with van der Waals surface area (Å²) in [7, 11) is 0. The summed E-state index contributed by atoms with van der Waals surface area (Å²) in [6.07, 6.45) is 16.7. The summed E-state index contributed by atoms with van der Waals surface area (Å²) >= 11 is 0. The van der Waals surface area contributed by atoms with Gasteiger partial charge in [0.05, 0.1) is 0 Å². The second-order valence-corrected chi connectivity index (χ2v) is 11.8. The van der Waals surface area contributed by atoms with Crippen LogP contribution in [-0.2, 0) is 12.8 Å². The summed E-state index contributed by atoms with van der Waals surface area (Å²) in [5.41, 5.74) is 8.06. The molecule has 171 valence electrons. The third-order valence-electron chi connectivity index (χ3n) is 8.14. The third-order valence-corrected chi connectivity index (χ3v) is 8.14. The maximum Gasteiger partial charge on any atom is -0.0114 e. The highest BCUT2D eigenvalue weighted by molar-refractivity contribution is 5.45. The fraction of sp³-hybridized carbons (Fsp3) is 0.800. The first-order chi connectivity index (χ1) is 14.1. The Morgan fingerprint density at radius 3 is 1.93 bits per heavy atom. The van der Waals surface area contributed by atoms with Crippen molar-refractivity contribution >= 4 is 0 Å². The zero-order valence-electron chi connectivity index (χ0n) is 21.7. The number of benzene rings is 1. The van der Waals surface area contributed by atoms with Gasteiger partial charge in [-0.15, -0.1) is 0 Å². The summed E-state index contributed by atoms with van der Waals surface area (Å²) in [5.74, 6) is 2.68. The van der Waals surface area contributed by atoms with Gasteiger partial charge in [0.25, 0.3) is 0 Å². The number of rotatable bonds is 12. The van der Waals surface area contributed by atoms with Crippen LogP contribution in [0.1, 0.15) is 127 Å². The number of hydrogen-bond acceptors (Lipinski definition) is 0. The maximum atomic E-state index is 3.60. The molecule has 0 aromatic heterocycles. The monoisotopic (exact) mass is 411 g/mol. The van der Waals surface area contributed by atoms with Gasteiger partial charge in [-0.1, -0.05) is 86.0 Å². The van der Waals surface area contributed by atoms with Crippen LogP contribution in [0.3, 0.4) is 0 Å². The topological polar surface area (TPSA) is 0 Å². The van der Waals surface area contributed by atoms with Gasteiger partial charge in [-0.2, -0.15) is 0 Å². The Morgan fingerprint density at radius 2 is 1.33 bits per heavy atom. The van der Waals surface area contributed by atoms with Gasteiger partial charge in [0, 0.05) is 0 Å². The van der Waals surface area contributed by atoms with Gasteiger partial charge in [0.15, 0.2) is 0 Å². The van der Waals surface area contributed by atoms with Crippen LogP contribution in [0.15, 0.2) is 0 Å². The Kier molecular flexibility index (Phi) is 9.96. The molecule has 0 saturated carbocycles. The molecule has 0 heterocycles. The Morgan fingerprint density at radius 1 is 0.767 bits per heavy atom. The fourth-order valence-electron chi connectivity index (χ4n) is 5.72. The highest BCUT2D eigenvalue weighted by atomic mass is 14.4. The molecule has 2 rings (SSSR count). The molecule has 0 fully saturated rings. The van der Waals surface area contributed by atoms with Crippen LogP contribution in [0, 0.1) is 50.0 Å². The van der Waals surface area contributed by atoms with Gasteiger partial charge in [0.1, 0.15) is 0 Å². The molecule has 0 unspecified atom stereocenters. The van der Waals surface area contributed by atoms with Crippen LogP contribution in [-0.4, -0.2) is 0 Å². The first kappa shape index (κ1) is 25.5. The van der Waals surface area contributed by atoms with E-state index in [1.54, 1.807) is 11.1 Å². The third kappa shape index (κ3) is 7.72. The molecule has 1 aromatic carbocycles. The number of fused-ring (bicyclic) bond motifs is 1. The Hall–Kier alpha value is -0.780. The zero-order chi connectivity index (χ0) is 22.3. The molecule has 1 aliphatic carbocycles. The Labute approximate surface area is 189 Å². The molecule has 1 radical (unpaired) electrons. The molecule has 0 N–H and O–H groups in total. The standard InChI is InChI=1S/C30H51/c1-22(2)12-9-13-23(3)14-10-15-24(4)16-11-18-30(8)19-17-28-26(6)20-25(5)27(7)29(28)21-30/h22-24H,9-19,21H2,1-8H3/t23-,24-,30-/m1/s1. The molecule has 3 atom stereocenters. The van der Waals surface area contributed by atoms with Crippen LogP contribution in [0.5, 0.6) is 0 Å². The van der Waals surface area contributed by atoms with Crippen molar-refractivity contribution in [2.75, 3.05) is 0 Å². The van der Waals surface area contributed by atoms with E-state index < -0.39 is 0 Å². The van der Waals surface area contributed by atoms with E-state index in [0.717, 1.165) is 17.8 Å². The molecule has 0 aliphatic heterocycles. The molecule has 1 aromatic rings. The number of hydrogen-bond donors (Lipinski definition) is 0. The average molecular weight is 412 g/mol. The zero-order valence-corrected chi connectivity index (χ0v) is 21.7. The van der Waals surface area contributed by atoms with Crippen LogP contribution >= 0.6 is 0 Å². The van der Waals surface area contributed by atoms with E-state index in [1.165, 1.54) is 93.7 Å². The molecular formula is C30H51. The second kappa shape index (κ2) is 11.7. The van der Waals surface area contributed by atoms with Crippen molar-refractivity contribution in [3.05, 3.63) is 33.9 Å². The highest BCUT2D eigenvalue weighted by Crippen LogP contribution is 2.42. The average Bonchev–Trinajstić information content (AvgIpc) is 2.65. The first-order valence-electron chi connectivity index (χ1n) is 13.1. The lowest BCUT2D eigenvalue weighted by Gasteiger charge is -2.37. The summed E-state index contributed by atoms with van der Waals surface area (Å²) in [5, 5.41) is 0. The lowest BCUT2D eigenvalue weighted by molar-refractivity contribution is 0.238. The largest absolute Gasteiger partial charge is 0.0628 e. The van der Waals surface area contributed by atoms with E-state index in [0.29, 0.717) is 5.41 Å². The molecule has 0 spiro atoms. The van der Waals surface area contributed by atoms with Crippen molar-refractivity contribution in [3.8, 4) is 0 Å². The van der Waals surface area contributed by atoms with Crippen molar-refractivity contribution in [2.24, 2.45) is 23.2 Å². The van der Waals surface area contributed by atoms with Gasteiger partial charge in [-0.25, -0.2) is 0 Å². The van der Waals surface area contributed by atoms with Crippen LogP contribution in [0.4, 0.5) is 0 Å². The van der Waals surface area contributed by atoms with E-state index in [9.17, 15) is 0 Å². The predicted molar refractivity (Wildman–Crippen MR) is 134 cm³/mol. The summed E-state index contributed by atoms with van der Waals surface area (Å²) in [4.78, 5) is 0. The van der Waals surface area contributed by atoms with Gasteiger partial charge < -0.3 is 0 Å². The van der Waals surface area contributed by atoms with E-state index in [1.807, 2.05) is 0 Å². The number of aryl methyl sites for hydroxylation is 2. The van der Waals surface area contributed by atoms with E-state index in [-0.39, 0.29) is 0 Å². The molecular weight excluding hydrogens is 360 g/mol. The Balaban J connectivity index is 1.70. The maximum absolute atomic E-state index is 3.60. The minimum absolute atomic E-state index is 0.503. The Bertz CT molecular complexity index is 652. The van der Waals surface area contributed by atoms with Crippen molar-refractivity contribution in [1.29, 1.82) is 0 Å². The summed E-state index contributed by atoms with van der Waals surface area (Å²) < 4.78 is 0. The van der Waals surface area contributed by atoms with Crippen molar-refractivity contribution < 1.29 is 0 Å². The van der Waals surface area contributed by atoms with Crippen molar-refractivity contribution in [1.82, 2.24) is 0 Å². The summed E-state index contributed by atoms with van der Waals surface area (Å²) in [6.45, 7) is 19.0. The van der Waals surface area contributed by atoms with Crippen molar-refractivity contribution in [2.45, 2.75) is 132 Å². The minimum atomic E-state index is 0.503. The molecule has 0 bridgehead atoms. The normalized spacial score (nSPS) is 21.0. The molecule has 1 aliphatic rings. The quantitative estimate of drug-likeness (QED) is 0.321. The lowest BCUT2D eigenvalue weighted by atomic mass is 9.68. The van der Waals surface area contributed by atoms with Crippen LogP contribution < -0.4 is 0 Å². The molecule has 30 heavy (non-hydrogen) atoms.